The average molecular weight is 258 g/mol. The van der Waals surface area contributed by atoms with Gasteiger partial charge in [0.2, 0.25) is 0 Å². The van der Waals surface area contributed by atoms with Gasteiger partial charge in [-0.05, 0) is 26.2 Å². The molecule has 0 radical (unpaired) electrons. The topological polar surface area (TPSA) is 76.7 Å². The fraction of sp³-hybridized carbons (Fsp3) is 0.833. The summed E-state index contributed by atoms with van der Waals surface area (Å²) in [6.07, 6.45) is 2.72. The van der Waals surface area contributed by atoms with Gasteiger partial charge >= 0.3 is 11.8 Å². The van der Waals surface area contributed by atoms with Crippen molar-refractivity contribution in [3.63, 3.8) is 0 Å². The lowest BCUT2D eigenvalue weighted by molar-refractivity contribution is -0.139. The summed E-state index contributed by atoms with van der Waals surface area (Å²) >= 11 is 0. The summed E-state index contributed by atoms with van der Waals surface area (Å²) in [6.45, 7) is 4.77. The molecule has 0 spiro atoms. The third-order valence-corrected chi connectivity index (χ3v) is 2.68. The van der Waals surface area contributed by atoms with Crippen molar-refractivity contribution in [1.29, 1.82) is 0 Å². The minimum atomic E-state index is -0.595. The Kier molecular flexibility index (Phi) is 7.36. The summed E-state index contributed by atoms with van der Waals surface area (Å²) < 4.78 is 10.5. The Balaban J connectivity index is 2.03. The number of carbonyl (C=O) groups excluding carboxylic acids is 2. The van der Waals surface area contributed by atoms with Crippen molar-refractivity contribution in [2.75, 3.05) is 32.9 Å². The predicted molar refractivity (Wildman–Crippen MR) is 66.1 cm³/mol. The van der Waals surface area contributed by atoms with Gasteiger partial charge in [0.05, 0.1) is 6.10 Å². The molecular formula is C12H22N2O4. The van der Waals surface area contributed by atoms with Crippen LogP contribution in [0.5, 0.6) is 0 Å². The van der Waals surface area contributed by atoms with E-state index in [2.05, 4.69) is 10.6 Å². The van der Waals surface area contributed by atoms with Crippen LogP contribution in [0.15, 0.2) is 0 Å². The van der Waals surface area contributed by atoms with E-state index in [0.29, 0.717) is 32.7 Å². The monoisotopic (exact) mass is 258 g/mol. The van der Waals surface area contributed by atoms with Gasteiger partial charge in [-0.25, -0.2) is 0 Å². The Morgan fingerprint density at radius 1 is 1.33 bits per heavy atom. The van der Waals surface area contributed by atoms with Gasteiger partial charge in [0.15, 0.2) is 0 Å². The lowest BCUT2D eigenvalue weighted by Crippen LogP contribution is -2.43. The van der Waals surface area contributed by atoms with Crippen LogP contribution in [0.4, 0.5) is 0 Å². The Hall–Kier alpha value is -1.14. The molecule has 1 aliphatic heterocycles. The first-order valence-electron chi connectivity index (χ1n) is 6.49. The number of hydrogen-bond donors (Lipinski definition) is 2. The molecule has 6 heteroatoms. The highest BCUT2D eigenvalue weighted by atomic mass is 16.5. The molecule has 1 saturated heterocycles. The summed E-state index contributed by atoms with van der Waals surface area (Å²) in [5, 5.41) is 5.11. The third kappa shape index (κ3) is 5.97. The third-order valence-electron chi connectivity index (χ3n) is 2.68. The summed E-state index contributed by atoms with van der Waals surface area (Å²) in [6, 6.07) is 0. The first-order valence-corrected chi connectivity index (χ1v) is 6.49. The van der Waals surface area contributed by atoms with Crippen LogP contribution in [0.1, 0.15) is 26.2 Å². The van der Waals surface area contributed by atoms with E-state index in [1.807, 2.05) is 6.92 Å². The fourth-order valence-electron chi connectivity index (χ4n) is 1.69. The van der Waals surface area contributed by atoms with Crippen molar-refractivity contribution >= 4 is 11.8 Å². The van der Waals surface area contributed by atoms with Crippen molar-refractivity contribution in [2.45, 2.75) is 32.3 Å². The molecule has 0 aromatic heterocycles. The minimum Gasteiger partial charge on any atom is -0.382 e. The molecule has 1 unspecified atom stereocenters. The highest BCUT2D eigenvalue weighted by molar-refractivity contribution is 6.35. The first-order chi connectivity index (χ1) is 8.74. The van der Waals surface area contributed by atoms with Crippen molar-refractivity contribution in [1.82, 2.24) is 10.6 Å². The van der Waals surface area contributed by atoms with Gasteiger partial charge in [0.25, 0.3) is 0 Å². The lowest BCUT2D eigenvalue weighted by Gasteiger charge is -2.10. The van der Waals surface area contributed by atoms with Crippen molar-refractivity contribution < 1.29 is 19.1 Å². The summed E-state index contributed by atoms with van der Waals surface area (Å²) in [7, 11) is 0. The molecular weight excluding hydrogens is 236 g/mol. The van der Waals surface area contributed by atoms with Crippen LogP contribution in [-0.2, 0) is 19.1 Å². The van der Waals surface area contributed by atoms with Crippen molar-refractivity contribution in [2.24, 2.45) is 0 Å². The van der Waals surface area contributed by atoms with Crippen LogP contribution in [0.3, 0.4) is 0 Å². The SMILES string of the molecule is CCOCCCNC(=O)C(=O)NCC1CCCO1. The van der Waals surface area contributed by atoms with Gasteiger partial charge in [-0.1, -0.05) is 0 Å². The zero-order valence-corrected chi connectivity index (χ0v) is 10.9. The van der Waals surface area contributed by atoms with Gasteiger partial charge < -0.3 is 20.1 Å². The maximum absolute atomic E-state index is 11.4. The van der Waals surface area contributed by atoms with Gasteiger partial charge in [-0.15, -0.1) is 0 Å². The van der Waals surface area contributed by atoms with Crippen LogP contribution < -0.4 is 10.6 Å². The van der Waals surface area contributed by atoms with Gasteiger partial charge in [-0.3, -0.25) is 9.59 Å². The Labute approximate surface area is 107 Å². The minimum absolute atomic E-state index is 0.0553. The molecule has 1 fully saturated rings. The zero-order valence-electron chi connectivity index (χ0n) is 10.9. The summed E-state index contributed by atoms with van der Waals surface area (Å²) in [4.78, 5) is 22.8. The number of nitrogens with one attached hydrogen (secondary N) is 2. The normalized spacial score (nSPS) is 18.6. The Bertz CT molecular complexity index is 265. The highest BCUT2D eigenvalue weighted by Crippen LogP contribution is 2.10. The van der Waals surface area contributed by atoms with Gasteiger partial charge in [-0.2, -0.15) is 0 Å². The van der Waals surface area contributed by atoms with Crippen LogP contribution in [0, 0.1) is 0 Å². The van der Waals surface area contributed by atoms with Crippen molar-refractivity contribution in [3.05, 3.63) is 0 Å². The van der Waals surface area contributed by atoms with Crippen molar-refractivity contribution in [3.8, 4) is 0 Å². The van der Waals surface area contributed by atoms with E-state index in [9.17, 15) is 9.59 Å². The smallest absolute Gasteiger partial charge is 0.309 e. The average Bonchev–Trinajstić information content (AvgIpc) is 2.88. The summed E-state index contributed by atoms with van der Waals surface area (Å²) in [5.74, 6) is -1.19. The second-order valence-electron chi connectivity index (χ2n) is 4.15. The molecule has 18 heavy (non-hydrogen) atoms. The molecule has 1 atom stereocenters. The molecule has 2 amide bonds. The molecule has 6 nitrogen and oxygen atoms in total. The number of rotatable bonds is 7. The second kappa shape index (κ2) is 8.88. The number of carbonyl (C=O) groups is 2. The standard InChI is InChI=1S/C12H22N2O4/c1-2-17-7-4-6-13-11(15)12(16)14-9-10-5-3-8-18-10/h10H,2-9H2,1H3,(H,13,15)(H,14,16). The molecule has 0 aromatic rings. The van der Waals surface area contributed by atoms with E-state index in [1.165, 1.54) is 0 Å². The lowest BCUT2D eigenvalue weighted by atomic mass is 10.2. The quantitative estimate of drug-likeness (QED) is 0.491. The number of amides is 2. The molecule has 0 aromatic carbocycles. The van der Waals surface area contributed by atoms with E-state index in [-0.39, 0.29) is 6.10 Å². The molecule has 1 heterocycles. The van der Waals surface area contributed by atoms with E-state index in [1.54, 1.807) is 0 Å². The number of hydrogen-bond acceptors (Lipinski definition) is 4. The molecule has 2 N–H and O–H groups in total. The zero-order chi connectivity index (χ0) is 13.2. The Morgan fingerprint density at radius 3 is 2.78 bits per heavy atom. The van der Waals surface area contributed by atoms with E-state index in [4.69, 9.17) is 9.47 Å². The van der Waals surface area contributed by atoms with Crippen LogP contribution in [0.25, 0.3) is 0 Å². The maximum atomic E-state index is 11.4. The molecule has 0 bridgehead atoms. The van der Waals surface area contributed by atoms with E-state index in [0.717, 1.165) is 19.4 Å². The van der Waals surface area contributed by atoms with E-state index >= 15 is 0 Å². The maximum Gasteiger partial charge on any atom is 0.309 e. The molecule has 1 rings (SSSR count). The van der Waals surface area contributed by atoms with E-state index < -0.39 is 11.8 Å². The first kappa shape index (κ1) is 14.9. The Morgan fingerprint density at radius 2 is 2.11 bits per heavy atom. The fourth-order valence-corrected chi connectivity index (χ4v) is 1.69. The van der Waals surface area contributed by atoms with Crippen LogP contribution in [-0.4, -0.2) is 50.8 Å². The molecule has 0 saturated carbocycles. The summed E-state index contributed by atoms with van der Waals surface area (Å²) in [5.41, 5.74) is 0. The van der Waals surface area contributed by atoms with Gasteiger partial charge in [0.1, 0.15) is 0 Å². The second-order valence-corrected chi connectivity index (χ2v) is 4.15. The predicted octanol–water partition coefficient (Wildman–Crippen LogP) is -0.176. The number of ether oxygens (including phenoxy) is 2. The molecule has 104 valence electrons. The van der Waals surface area contributed by atoms with Crippen LogP contribution in [0.2, 0.25) is 0 Å². The van der Waals surface area contributed by atoms with Gasteiger partial charge in [0, 0.05) is 32.9 Å². The largest absolute Gasteiger partial charge is 0.382 e. The molecule has 0 aliphatic carbocycles. The highest BCUT2D eigenvalue weighted by Gasteiger charge is 2.18. The molecule has 1 aliphatic rings. The van der Waals surface area contributed by atoms with Crippen LogP contribution >= 0.6 is 0 Å².